The van der Waals surface area contributed by atoms with E-state index in [-0.39, 0.29) is 43.9 Å². The van der Waals surface area contributed by atoms with Crippen LogP contribution in [0.2, 0.25) is 0 Å². The van der Waals surface area contributed by atoms with Crippen molar-refractivity contribution in [1.82, 2.24) is 9.13 Å². The smallest absolute Gasteiger partial charge is 0.348 e. The third kappa shape index (κ3) is 6.27. The lowest BCUT2D eigenvalue weighted by Crippen LogP contribution is -2.44. The van der Waals surface area contributed by atoms with E-state index in [0.717, 1.165) is 21.3 Å². The molecule has 202 valence electrons. The first kappa shape index (κ1) is 28.1. The topological polar surface area (TPSA) is 152 Å². The second kappa shape index (κ2) is 12.2. The maximum absolute atomic E-state index is 13.2. The Labute approximate surface area is 217 Å². The van der Waals surface area contributed by atoms with Gasteiger partial charge in [-0.25, -0.2) is 19.0 Å². The summed E-state index contributed by atoms with van der Waals surface area (Å²) in [5, 5.41) is 10.7. The summed E-state index contributed by atoms with van der Waals surface area (Å²) < 4.78 is 22.1. The summed E-state index contributed by atoms with van der Waals surface area (Å²) in [6, 6.07) is 8.13. The second-order valence-corrected chi connectivity index (χ2v) is 8.30. The molecule has 1 aromatic carbocycles. The van der Waals surface area contributed by atoms with Crippen LogP contribution in [0.3, 0.4) is 0 Å². The van der Waals surface area contributed by atoms with E-state index in [2.05, 4.69) is 0 Å². The molecule has 38 heavy (non-hydrogen) atoms. The van der Waals surface area contributed by atoms with Crippen molar-refractivity contribution < 1.29 is 38.4 Å². The van der Waals surface area contributed by atoms with Gasteiger partial charge in [0.2, 0.25) is 5.88 Å². The van der Waals surface area contributed by atoms with E-state index in [0.29, 0.717) is 0 Å². The maximum atomic E-state index is 13.2. The summed E-state index contributed by atoms with van der Waals surface area (Å²) in [7, 11) is 1.42. The first-order valence-corrected chi connectivity index (χ1v) is 11.8. The number of hydrogen-bond acceptors (Lipinski definition) is 10. The lowest BCUT2D eigenvalue weighted by molar-refractivity contribution is -0.231. The predicted molar refractivity (Wildman–Crippen MR) is 133 cm³/mol. The molecule has 0 saturated carbocycles. The Kier molecular flexibility index (Phi) is 9.02. The quantitative estimate of drug-likeness (QED) is 0.272. The number of allylic oxidation sites excluding steroid dienone is 2. The summed E-state index contributed by atoms with van der Waals surface area (Å²) in [4.78, 5) is 62.8. The highest BCUT2D eigenvalue weighted by Gasteiger charge is 2.42. The predicted octanol–water partition coefficient (Wildman–Crippen LogP) is 1.45. The summed E-state index contributed by atoms with van der Waals surface area (Å²) in [5.74, 6) is -4.78. The highest BCUT2D eigenvalue weighted by atomic mass is 16.7. The molecule has 1 aliphatic heterocycles. The Morgan fingerprint density at radius 3 is 2.37 bits per heavy atom. The molecule has 0 spiro atoms. The lowest BCUT2D eigenvalue weighted by atomic mass is 10.1. The van der Waals surface area contributed by atoms with Crippen LogP contribution in [0.15, 0.2) is 57.6 Å². The molecule has 12 heteroatoms. The number of carbonyl (C=O) groups is 3. The van der Waals surface area contributed by atoms with Crippen molar-refractivity contribution >= 4 is 24.0 Å². The van der Waals surface area contributed by atoms with Crippen LogP contribution in [0.25, 0.3) is 11.8 Å². The van der Waals surface area contributed by atoms with Crippen LogP contribution in [-0.2, 0) is 39.9 Å². The molecule has 0 aliphatic carbocycles. The van der Waals surface area contributed by atoms with Crippen molar-refractivity contribution in [2.24, 2.45) is 0 Å². The van der Waals surface area contributed by atoms with Crippen LogP contribution in [-0.4, -0.2) is 58.3 Å². The fraction of sp³-hybridized carbons (Fsp3) is 0.346. The maximum Gasteiger partial charge on any atom is 0.348 e. The number of nitrogens with zero attached hydrogens (tertiary/aromatic N) is 2. The Bertz CT molecular complexity index is 1370. The largest absolute Gasteiger partial charge is 0.494 e. The third-order valence-corrected chi connectivity index (χ3v) is 5.56. The van der Waals surface area contributed by atoms with Crippen molar-refractivity contribution in [1.29, 1.82) is 0 Å². The molecule has 1 fully saturated rings. The van der Waals surface area contributed by atoms with Gasteiger partial charge in [0.15, 0.2) is 0 Å². The van der Waals surface area contributed by atoms with Crippen LogP contribution in [0.4, 0.5) is 0 Å². The molecular formula is C26H28N2O10. The van der Waals surface area contributed by atoms with Crippen LogP contribution < -0.4 is 11.2 Å². The number of carbonyl (C=O) groups excluding carboxylic acids is 3. The van der Waals surface area contributed by atoms with Crippen LogP contribution in [0, 0.1) is 0 Å². The van der Waals surface area contributed by atoms with E-state index in [1.807, 2.05) is 0 Å². The van der Waals surface area contributed by atoms with Crippen molar-refractivity contribution in [2.75, 3.05) is 20.3 Å². The van der Waals surface area contributed by atoms with Gasteiger partial charge in [0.1, 0.15) is 11.1 Å². The lowest BCUT2D eigenvalue weighted by Gasteiger charge is -2.33. The first-order valence-electron chi connectivity index (χ1n) is 11.8. The second-order valence-electron chi connectivity index (χ2n) is 8.30. The van der Waals surface area contributed by atoms with Gasteiger partial charge >= 0.3 is 23.6 Å². The van der Waals surface area contributed by atoms with E-state index < -0.39 is 46.4 Å². The van der Waals surface area contributed by atoms with Gasteiger partial charge in [-0.2, -0.15) is 0 Å². The van der Waals surface area contributed by atoms with Crippen molar-refractivity contribution in [2.45, 2.75) is 39.0 Å². The van der Waals surface area contributed by atoms with Crippen molar-refractivity contribution in [3.8, 4) is 11.6 Å². The average Bonchev–Trinajstić information content (AvgIpc) is 2.87. The van der Waals surface area contributed by atoms with Crippen molar-refractivity contribution in [3.05, 3.63) is 74.5 Å². The molecule has 0 bridgehead atoms. The SMILES string of the molecule is CCOC(=O)CCC1(C)OC(=O)C(=C/C=C/c2c(O)n(CCOC)c(=O)n(-c3ccccc3)c2=O)C(=O)O1. The highest BCUT2D eigenvalue weighted by molar-refractivity contribution is 6.15. The number of benzene rings is 1. The van der Waals surface area contributed by atoms with E-state index in [1.165, 1.54) is 20.1 Å². The molecule has 0 radical (unpaired) electrons. The molecule has 0 amide bonds. The molecule has 1 saturated heterocycles. The summed E-state index contributed by atoms with van der Waals surface area (Å²) in [5.41, 5.74) is -2.04. The summed E-state index contributed by atoms with van der Waals surface area (Å²) in [6.45, 7) is 3.22. The van der Waals surface area contributed by atoms with Gasteiger partial charge in [0.25, 0.3) is 11.3 Å². The summed E-state index contributed by atoms with van der Waals surface area (Å²) >= 11 is 0. The minimum Gasteiger partial charge on any atom is -0.494 e. The highest BCUT2D eigenvalue weighted by Crippen LogP contribution is 2.28. The first-order chi connectivity index (χ1) is 18.1. The number of aromatic hydroxyl groups is 1. The number of esters is 3. The number of para-hydroxylation sites is 1. The van der Waals surface area contributed by atoms with E-state index >= 15 is 0 Å². The molecule has 1 aromatic heterocycles. The molecular weight excluding hydrogens is 500 g/mol. The molecule has 0 unspecified atom stereocenters. The zero-order valence-corrected chi connectivity index (χ0v) is 21.2. The number of cyclic esters (lactones) is 2. The van der Waals surface area contributed by atoms with Crippen LogP contribution >= 0.6 is 0 Å². The zero-order valence-electron chi connectivity index (χ0n) is 21.2. The Morgan fingerprint density at radius 1 is 1.11 bits per heavy atom. The molecule has 3 rings (SSSR count). The molecule has 0 atom stereocenters. The van der Waals surface area contributed by atoms with Gasteiger partial charge in [-0.3, -0.25) is 14.2 Å². The Morgan fingerprint density at radius 2 is 1.76 bits per heavy atom. The number of hydrogen-bond donors (Lipinski definition) is 1. The minimum absolute atomic E-state index is 0.0424. The molecule has 2 heterocycles. The Hall–Kier alpha value is -4.45. The van der Waals surface area contributed by atoms with Gasteiger partial charge in [-0.1, -0.05) is 24.3 Å². The van der Waals surface area contributed by atoms with Gasteiger partial charge < -0.3 is 24.1 Å². The number of aromatic nitrogens is 2. The standard InChI is InChI=1S/C26H28N2O10/c1-4-36-20(29)13-14-26(2)37-23(32)19(24(33)38-26)12-8-11-18-21(30)27(15-16-35-3)25(34)28(22(18)31)17-9-6-5-7-10-17/h5-12,30H,4,13-16H2,1-3H3/b11-8+,19-12?. The molecule has 2 aromatic rings. The normalized spacial score (nSPS) is 17.3. The van der Waals surface area contributed by atoms with Crippen molar-refractivity contribution in [3.63, 3.8) is 0 Å². The number of ether oxygens (including phenoxy) is 4. The Balaban J connectivity index is 1.92. The third-order valence-electron chi connectivity index (χ3n) is 5.56. The van der Waals surface area contributed by atoms with Crippen LogP contribution in [0.1, 0.15) is 32.3 Å². The van der Waals surface area contributed by atoms with Gasteiger partial charge in [0.05, 0.1) is 31.9 Å². The zero-order chi connectivity index (χ0) is 27.9. The fourth-order valence-electron chi connectivity index (χ4n) is 3.64. The molecule has 12 nitrogen and oxygen atoms in total. The monoisotopic (exact) mass is 528 g/mol. The number of rotatable bonds is 10. The van der Waals surface area contributed by atoms with Gasteiger partial charge in [-0.05, 0) is 31.2 Å². The summed E-state index contributed by atoms with van der Waals surface area (Å²) in [6.07, 6.45) is 3.17. The fourth-order valence-corrected chi connectivity index (χ4v) is 3.64. The van der Waals surface area contributed by atoms with E-state index in [9.17, 15) is 29.1 Å². The number of methoxy groups -OCH3 is 1. The van der Waals surface area contributed by atoms with E-state index in [1.54, 1.807) is 37.3 Å². The van der Waals surface area contributed by atoms with Gasteiger partial charge in [-0.15, -0.1) is 0 Å². The molecule has 1 N–H and O–H groups in total. The minimum atomic E-state index is -1.65. The van der Waals surface area contributed by atoms with Crippen LogP contribution in [0.5, 0.6) is 5.88 Å². The average molecular weight is 529 g/mol. The van der Waals surface area contributed by atoms with E-state index in [4.69, 9.17) is 18.9 Å². The molecule has 1 aliphatic rings. The van der Waals surface area contributed by atoms with Gasteiger partial charge in [0, 0.05) is 20.5 Å².